The highest BCUT2D eigenvalue weighted by molar-refractivity contribution is 6.00. The minimum Gasteiger partial charge on any atom is -0.398 e. The van der Waals surface area contributed by atoms with Crippen molar-refractivity contribution in [1.29, 1.82) is 10.7 Å². The van der Waals surface area contributed by atoms with Gasteiger partial charge < -0.3 is 16.9 Å². The predicted molar refractivity (Wildman–Crippen MR) is 61.5 cm³/mol. The summed E-state index contributed by atoms with van der Waals surface area (Å²) < 4.78 is 0. The average molecular weight is 214 g/mol. The number of primary amides is 1. The molecule has 0 fully saturated rings. The number of hydrogen-bond acceptors (Lipinski definition) is 4. The molecule has 5 nitrogen and oxygen atoms in total. The van der Waals surface area contributed by atoms with Crippen molar-refractivity contribution in [3.8, 4) is 6.07 Å². The minimum atomic E-state index is -0.780. The van der Waals surface area contributed by atoms with Crippen LogP contribution in [0.2, 0.25) is 0 Å². The standard InChI is InChI=1S/C11H10N4O/c12-5-8-2-1-7(4-10(8)14)3-9(6-13)11(15)16/h1-5,12H,14H2,(H2,15,16). The Hall–Kier alpha value is -2.61. The first kappa shape index (κ1) is 11.5. The molecular formula is C11H10N4O. The molecule has 0 radical (unpaired) electrons. The van der Waals surface area contributed by atoms with Crippen LogP contribution in [0.15, 0.2) is 23.8 Å². The van der Waals surface area contributed by atoms with Gasteiger partial charge in [-0.3, -0.25) is 4.79 Å². The molecule has 0 bridgehead atoms. The summed E-state index contributed by atoms with van der Waals surface area (Å²) in [6, 6.07) is 6.55. The summed E-state index contributed by atoms with van der Waals surface area (Å²) in [4.78, 5) is 10.8. The lowest BCUT2D eigenvalue weighted by molar-refractivity contribution is -0.114. The molecule has 0 saturated heterocycles. The van der Waals surface area contributed by atoms with Crippen LogP contribution in [0, 0.1) is 16.7 Å². The molecule has 1 rings (SSSR count). The summed E-state index contributed by atoms with van der Waals surface area (Å²) in [5, 5.41) is 15.7. The van der Waals surface area contributed by atoms with E-state index >= 15 is 0 Å². The molecule has 0 aliphatic rings. The predicted octanol–water partition coefficient (Wildman–Crippen LogP) is 0.659. The number of carbonyl (C=O) groups is 1. The van der Waals surface area contributed by atoms with Crippen LogP contribution in [0.5, 0.6) is 0 Å². The average Bonchev–Trinajstić information content (AvgIpc) is 2.25. The van der Waals surface area contributed by atoms with Crippen LogP contribution >= 0.6 is 0 Å². The molecule has 0 aliphatic carbocycles. The first-order chi connectivity index (χ1) is 7.58. The SMILES string of the molecule is N#CC(=Cc1ccc(C=N)c(N)c1)C(N)=O. The highest BCUT2D eigenvalue weighted by atomic mass is 16.1. The largest absolute Gasteiger partial charge is 0.398 e. The van der Waals surface area contributed by atoms with E-state index in [1.54, 1.807) is 24.3 Å². The highest BCUT2D eigenvalue weighted by Crippen LogP contribution is 2.14. The van der Waals surface area contributed by atoms with Crippen molar-refractivity contribution in [3.05, 3.63) is 34.9 Å². The molecule has 0 aliphatic heterocycles. The Morgan fingerprint density at radius 2 is 2.19 bits per heavy atom. The van der Waals surface area contributed by atoms with Gasteiger partial charge in [0.25, 0.3) is 5.91 Å². The van der Waals surface area contributed by atoms with E-state index in [0.29, 0.717) is 16.8 Å². The van der Waals surface area contributed by atoms with Crippen molar-refractivity contribution in [3.63, 3.8) is 0 Å². The Bertz CT molecular complexity index is 511. The van der Waals surface area contributed by atoms with Crippen molar-refractivity contribution in [2.75, 3.05) is 5.73 Å². The van der Waals surface area contributed by atoms with Gasteiger partial charge in [-0.15, -0.1) is 0 Å². The second kappa shape index (κ2) is 4.75. The van der Waals surface area contributed by atoms with E-state index in [1.807, 2.05) is 0 Å². The molecule has 5 N–H and O–H groups in total. The molecule has 80 valence electrons. The summed E-state index contributed by atoms with van der Waals surface area (Å²) in [6.07, 6.45) is 2.48. The summed E-state index contributed by atoms with van der Waals surface area (Å²) in [5.41, 5.74) is 12.1. The zero-order valence-electron chi connectivity index (χ0n) is 8.40. The zero-order chi connectivity index (χ0) is 12.1. The van der Waals surface area contributed by atoms with Gasteiger partial charge in [0.05, 0.1) is 0 Å². The summed E-state index contributed by atoms with van der Waals surface area (Å²) in [6.45, 7) is 0. The maximum atomic E-state index is 10.8. The van der Waals surface area contributed by atoms with E-state index in [2.05, 4.69) is 0 Å². The van der Waals surface area contributed by atoms with Gasteiger partial charge >= 0.3 is 0 Å². The number of amides is 1. The van der Waals surface area contributed by atoms with E-state index in [1.165, 1.54) is 6.08 Å². The van der Waals surface area contributed by atoms with Crippen LogP contribution in [0.1, 0.15) is 11.1 Å². The number of hydrogen-bond donors (Lipinski definition) is 3. The fourth-order valence-electron chi connectivity index (χ4n) is 1.14. The Morgan fingerprint density at radius 1 is 1.50 bits per heavy atom. The van der Waals surface area contributed by atoms with E-state index in [9.17, 15) is 4.79 Å². The van der Waals surface area contributed by atoms with Gasteiger partial charge in [-0.2, -0.15) is 5.26 Å². The van der Waals surface area contributed by atoms with Crippen LogP contribution in [0.3, 0.4) is 0 Å². The first-order valence-electron chi connectivity index (χ1n) is 4.40. The minimum absolute atomic E-state index is 0.137. The number of rotatable bonds is 3. The summed E-state index contributed by atoms with van der Waals surface area (Å²) in [5.74, 6) is -0.780. The zero-order valence-corrected chi connectivity index (χ0v) is 8.40. The molecule has 0 atom stereocenters. The molecule has 0 heterocycles. The molecular weight excluding hydrogens is 204 g/mol. The van der Waals surface area contributed by atoms with Crippen molar-refractivity contribution in [1.82, 2.24) is 0 Å². The molecule has 5 heteroatoms. The number of anilines is 1. The Balaban J connectivity index is 3.17. The molecule has 1 aromatic carbocycles. The molecule has 16 heavy (non-hydrogen) atoms. The summed E-state index contributed by atoms with van der Waals surface area (Å²) >= 11 is 0. The van der Waals surface area contributed by atoms with E-state index in [-0.39, 0.29) is 5.57 Å². The Labute approximate surface area is 92.5 Å². The van der Waals surface area contributed by atoms with Gasteiger partial charge in [-0.1, -0.05) is 12.1 Å². The maximum absolute atomic E-state index is 10.8. The van der Waals surface area contributed by atoms with Crippen molar-refractivity contribution >= 4 is 23.9 Å². The van der Waals surface area contributed by atoms with Gasteiger partial charge in [0.1, 0.15) is 11.6 Å². The fourth-order valence-corrected chi connectivity index (χ4v) is 1.14. The van der Waals surface area contributed by atoms with E-state index in [4.69, 9.17) is 22.1 Å². The lowest BCUT2D eigenvalue weighted by atomic mass is 10.1. The highest BCUT2D eigenvalue weighted by Gasteiger charge is 2.04. The molecule has 0 aromatic heterocycles. The van der Waals surface area contributed by atoms with Crippen LogP contribution in [0.4, 0.5) is 5.69 Å². The second-order valence-corrected chi connectivity index (χ2v) is 3.07. The molecule has 0 spiro atoms. The lowest BCUT2D eigenvalue weighted by Gasteiger charge is -2.01. The third-order valence-electron chi connectivity index (χ3n) is 1.96. The number of benzene rings is 1. The Morgan fingerprint density at radius 3 is 2.62 bits per heavy atom. The monoisotopic (exact) mass is 214 g/mol. The summed E-state index contributed by atoms with van der Waals surface area (Å²) in [7, 11) is 0. The number of nitrogens with zero attached hydrogens (tertiary/aromatic N) is 1. The fraction of sp³-hybridized carbons (Fsp3) is 0. The van der Waals surface area contributed by atoms with Crippen LogP contribution < -0.4 is 11.5 Å². The number of nitriles is 1. The molecule has 0 unspecified atom stereocenters. The quantitative estimate of drug-likeness (QED) is 0.297. The molecule has 0 saturated carbocycles. The number of nitrogens with two attached hydrogens (primary N) is 2. The molecule has 1 aromatic rings. The van der Waals surface area contributed by atoms with Crippen LogP contribution in [-0.2, 0) is 4.79 Å². The molecule has 1 amide bonds. The third kappa shape index (κ3) is 2.45. The van der Waals surface area contributed by atoms with Gasteiger partial charge in [0.15, 0.2) is 0 Å². The van der Waals surface area contributed by atoms with Crippen molar-refractivity contribution in [2.24, 2.45) is 5.73 Å². The topological polar surface area (TPSA) is 117 Å². The number of nitrogen functional groups attached to an aromatic ring is 1. The number of carbonyl (C=O) groups excluding carboxylic acids is 1. The first-order valence-corrected chi connectivity index (χ1v) is 4.40. The van der Waals surface area contributed by atoms with Crippen LogP contribution in [-0.4, -0.2) is 12.1 Å². The lowest BCUT2D eigenvalue weighted by Crippen LogP contribution is -2.12. The third-order valence-corrected chi connectivity index (χ3v) is 1.96. The van der Waals surface area contributed by atoms with Gasteiger partial charge in [-0.05, 0) is 17.7 Å². The van der Waals surface area contributed by atoms with Crippen LogP contribution in [0.25, 0.3) is 6.08 Å². The second-order valence-electron chi connectivity index (χ2n) is 3.07. The van der Waals surface area contributed by atoms with Gasteiger partial charge in [-0.25, -0.2) is 0 Å². The van der Waals surface area contributed by atoms with Gasteiger partial charge in [0, 0.05) is 17.5 Å². The van der Waals surface area contributed by atoms with Crippen molar-refractivity contribution in [2.45, 2.75) is 0 Å². The van der Waals surface area contributed by atoms with Gasteiger partial charge in [0.2, 0.25) is 0 Å². The maximum Gasteiger partial charge on any atom is 0.259 e. The van der Waals surface area contributed by atoms with E-state index < -0.39 is 5.91 Å². The van der Waals surface area contributed by atoms with Crippen molar-refractivity contribution < 1.29 is 4.79 Å². The van der Waals surface area contributed by atoms with E-state index in [0.717, 1.165) is 6.21 Å². The number of nitrogens with one attached hydrogen (secondary N) is 1. The Kier molecular flexibility index (Phi) is 3.41. The normalized spacial score (nSPS) is 10.6. The smallest absolute Gasteiger partial charge is 0.259 e.